The number of hydrogen-bond donors (Lipinski definition) is 0. The molecule has 0 aliphatic carbocycles. The van der Waals surface area contributed by atoms with Gasteiger partial charge in [0.25, 0.3) is 0 Å². The standard InChI is InChI=1S/C21H37BBrNO4Si/c1-14-16-15(26-29(9,10)18(2,3)4)11-12-25-17(16)24-13-21(14,23)22-27-19(5,6)20(7,8)28-22/h13-15H,11-12H2,1-10H3. The zero-order valence-electron chi connectivity index (χ0n) is 19.7. The first kappa shape index (κ1) is 23.5. The monoisotopic (exact) mass is 485 g/mol. The lowest BCUT2D eigenvalue weighted by molar-refractivity contribution is 0.00578. The molecule has 3 rings (SSSR count). The van der Waals surface area contributed by atoms with Crippen molar-refractivity contribution >= 4 is 37.6 Å². The van der Waals surface area contributed by atoms with E-state index in [0.717, 1.165) is 12.0 Å². The predicted molar refractivity (Wildman–Crippen MR) is 125 cm³/mol. The van der Waals surface area contributed by atoms with Crippen LogP contribution in [0.4, 0.5) is 0 Å². The highest BCUT2D eigenvalue weighted by molar-refractivity contribution is 9.10. The molecule has 3 atom stereocenters. The molecule has 1 fully saturated rings. The smallest absolute Gasteiger partial charge is 0.478 e. The summed E-state index contributed by atoms with van der Waals surface area (Å²) in [6, 6.07) is 0. The summed E-state index contributed by atoms with van der Waals surface area (Å²) in [4.78, 5) is 4.70. The van der Waals surface area contributed by atoms with Crippen LogP contribution in [0.1, 0.15) is 61.8 Å². The zero-order chi connectivity index (χ0) is 22.0. The molecule has 29 heavy (non-hydrogen) atoms. The zero-order valence-corrected chi connectivity index (χ0v) is 22.3. The van der Waals surface area contributed by atoms with Gasteiger partial charge in [-0.25, -0.2) is 4.99 Å². The molecule has 0 saturated carbocycles. The van der Waals surface area contributed by atoms with Crippen LogP contribution in [0.3, 0.4) is 0 Å². The first-order valence-corrected chi connectivity index (χ1v) is 14.4. The van der Waals surface area contributed by atoms with Crippen molar-refractivity contribution in [3.63, 3.8) is 0 Å². The van der Waals surface area contributed by atoms with Crippen LogP contribution in [0.2, 0.25) is 18.1 Å². The van der Waals surface area contributed by atoms with Crippen molar-refractivity contribution in [3.8, 4) is 0 Å². The SMILES string of the molecule is CC1C2=C(N=CC1(Br)B1OC(C)(C)C(C)(C)O1)OCCC2O[Si](C)(C)C(C)(C)C. The van der Waals surface area contributed by atoms with Crippen LogP contribution < -0.4 is 0 Å². The Balaban J connectivity index is 1.92. The van der Waals surface area contributed by atoms with Gasteiger partial charge in [0.1, 0.15) is 4.22 Å². The third-order valence-corrected chi connectivity index (χ3v) is 13.3. The molecule has 0 N–H and O–H groups in total. The van der Waals surface area contributed by atoms with Crippen molar-refractivity contribution < 1.29 is 18.5 Å². The molecule has 3 aliphatic heterocycles. The minimum absolute atomic E-state index is 0.00596. The fraction of sp³-hybridized carbons (Fsp3) is 0.857. The molecule has 0 bridgehead atoms. The van der Waals surface area contributed by atoms with Crippen LogP contribution in [0.25, 0.3) is 0 Å². The number of rotatable bonds is 3. The van der Waals surface area contributed by atoms with E-state index in [1.165, 1.54) is 0 Å². The van der Waals surface area contributed by atoms with Gasteiger partial charge >= 0.3 is 7.12 Å². The van der Waals surface area contributed by atoms with Gasteiger partial charge in [-0.05, 0) is 45.8 Å². The Kier molecular flexibility index (Phi) is 5.83. The Morgan fingerprint density at radius 1 is 1.17 bits per heavy atom. The largest absolute Gasteiger partial charge is 0.482 e. The van der Waals surface area contributed by atoms with Crippen LogP contribution >= 0.6 is 15.9 Å². The van der Waals surface area contributed by atoms with E-state index < -0.39 is 30.9 Å². The second-order valence-corrected chi connectivity index (χ2v) is 17.3. The molecule has 0 aromatic heterocycles. The molecule has 3 heterocycles. The van der Waals surface area contributed by atoms with Gasteiger partial charge in [0.2, 0.25) is 5.88 Å². The van der Waals surface area contributed by atoms with Crippen LogP contribution in [-0.4, -0.2) is 49.8 Å². The Morgan fingerprint density at radius 3 is 2.24 bits per heavy atom. The van der Waals surface area contributed by atoms with E-state index in [4.69, 9.17) is 23.5 Å². The van der Waals surface area contributed by atoms with Crippen molar-refractivity contribution in [1.29, 1.82) is 0 Å². The maximum Gasteiger partial charge on any atom is 0.482 e. The second-order valence-electron chi connectivity index (χ2n) is 11.2. The molecule has 0 aromatic carbocycles. The summed E-state index contributed by atoms with van der Waals surface area (Å²) in [5.41, 5.74) is 0.316. The summed E-state index contributed by atoms with van der Waals surface area (Å²) in [5, 5.41) is 0.143. The van der Waals surface area contributed by atoms with Crippen LogP contribution in [-0.2, 0) is 18.5 Å². The summed E-state index contributed by atoms with van der Waals surface area (Å²) < 4.78 is 25.0. The molecule has 0 aromatic rings. The van der Waals surface area contributed by atoms with Gasteiger partial charge in [0, 0.05) is 24.1 Å². The molecule has 164 valence electrons. The lowest BCUT2D eigenvalue weighted by Gasteiger charge is -2.45. The molecular formula is C21H37BBrNO4Si. The minimum Gasteiger partial charge on any atom is -0.478 e. The maximum absolute atomic E-state index is 6.85. The summed E-state index contributed by atoms with van der Waals surface area (Å²) in [6.45, 7) is 22.5. The molecule has 1 saturated heterocycles. The fourth-order valence-electron chi connectivity index (χ4n) is 3.67. The number of ether oxygens (including phenoxy) is 1. The summed E-state index contributed by atoms with van der Waals surface area (Å²) >= 11 is 3.97. The third-order valence-electron chi connectivity index (χ3n) is 7.58. The van der Waals surface area contributed by atoms with E-state index in [1.807, 2.05) is 6.21 Å². The molecule has 5 nitrogen and oxygen atoms in total. The van der Waals surface area contributed by atoms with E-state index in [9.17, 15) is 0 Å². The summed E-state index contributed by atoms with van der Waals surface area (Å²) in [6.07, 6.45) is 2.75. The Hall–Kier alpha value is -0.148. The number of alkyl halides is 1. The minimum atomic E-state index is -1.94. The molecule has 3 aliphatic rings. The van der Waals surface area contributed by atoms with Gasteiger partial charge in [-0.1, -0.05) is 43.6 Å². The van der Waals surface area contributed by atoms with Crippen LogP contribution in [0, 0.1) is 5.92 Å². The van der Waals surface area contributed by atoms with Crippen molar-refractivity contribution in [3.05, 3.63) is 11.5 Å². The van der Waals surface area contributed by atoms with E-state index in [-0.39, 0.29) is 17.1 Å². The molecule has 0 spiro atoms. The Morgan fingerprint density at radius 2 is 1.72 bits per heavy atom. The Bertz CT molecular complexity index is 715. The molecule has 8 heteroatoms. The quantitative estimate of drug-likeness (QED) is 0.391. The topological polar surface area (TPSA) is 49.3 Å². The lowest BCUT2D eigenvalue weighted by atomic mass is 9.62. The highest BCUT2D eigenvalue weighted by Crippen LogP contribution is 2.50. The average molecular weight is 486 g/mol. The molecule has 0 radical (unpaired) electrons. The fourth-order valence-corrected chi connectivity index (χ4v) is 5.51. The second kappa shape index (κ2) is 7.19. The lowest BCUT2D eigenvalue weighted by Crippen LogP contribution is -2.54. The Labute approximate surface area is 186 Å². The number of halogens is 1. The van der Waals surface area contributed by atoms with Gasteiger partial charge in [-0.3, -0.25) is 0 Å². The summed E-state index contributed by atoms with van der Waals surface area (Å²) in [5.74, 6) is 0.763. The van der Waals surface area contributed by atoms with E-state index >= 15 is 0 Å². The highest BCUT2D eigenvalue weighted by Gasteiger charge is 2.62. The van der Waals surface area contributed by atoms with E-state index in [1.54, 1.807) is 0 Å². The van der Waals surface area contributed by atoms with Gasteiger partial charge in [-0.15, -0.1) is 0 Å². The van der Waals surface area contributed by atoms with Crippen molar-refractivity contribution in [2.45, 2.75) is 101 Å². The maximum atomic E-state index is 6.85. The van der Waals surface area contributed by atoms with Crippen LogP contribution in [0.5, 0.6) is 0 Å². The van der Waals surface area contributed by atoms with E-state index in [0.29, 0.717) is 12.5 Å². The molecule has 0 amide bonds. The van der Waals surface area contributed by atoms with Gasteiger partial charge in [-0.2, -0.15) is 0 Å². The third kappa shape index (κ3) is 3.93. The highest BCUT2D eigenvalue weighted by atomic mass is 79.9. The van der Waals surface area contributed by atoms with Crippen molar-refractivity contribution in [2.75, 3.05) is 6.61 Å². The molecule has 3 unspecified atom stereocenters. The van der Waals surface area contributed by atoms with Gasteiger partial charge in [0.15, 0.2) is 8.32 Å². The van der Waals surface area contributed by atoms with E-state index in [2.05, 4.69) is 84.4 Å². The van der Waals surface area contributed by atoms with Gasteiger partial charge in [0.05, 0.1) is 23.9 Å². The normalized spacial score (nSPS) is 34.2. The first-order valence-electron chi connectivity index (χ1n) is 10.7. The van der Waals surface area contributed by atoms with Crippen molar-refractivity contribution in [2.24, 2.45) is 10.9 Å². The van der Waals surface area contributed by atoms with Crippen LogP contribution in [0.15, 0.2) is 16.4 Å². The summed E-state index contributed by atoms with van der Waals surface area (Å²) in [7, 11) is -2.39. The van der Waals surface area contributed by atoms with Gasteiger partial charge < -0.3 is 18.5 Å². The first-order chi connectivity index (χ1) is 13.0. The average Bonchev–Trinajstić information content (AvgIpc) is 2.78. The molecular weight excluding hydrogens is 449 g/mol. The number of aliphatic imine (C=N–C) groups is 1. The number of nitrogens with zero attached hydrogens (tertiary/aromatic N) is 1. The number of hydrogen-bond acceptors (Lipinski definition) is 5. The van der Waals surface area contributed by atoms with Crippen molar-refractivity contribution in [1.82, 2.24) is 0 Å². The predicted octanol–water partition coefficient (Wildman–Crippen LogP) is 5.49.